The summed E-state index contributed by atoms with van der Waals surface area (Å²) in [7, 11) is 0. The zero-order chi connectivity index (χ0) is 26.2. The molecule has 1 aliphatic carbocycles. The number of halogens is 3. The van der Waals surface area contributed by atoms with Gasteiger partial charge in [-0.05, 0) is 50.2 Å². The number of nitrogens with two attached hydrogens (primary N) is 1. The number of carbonyl (C=O) groups excluding carboxylic acids is 2. The monoisotopic (exact) mass is 518 g/mol. The Hall–Kier alpha value is -3.08. The highest BCUT2D eigenvalue weighted by molar-refractivity contribution is 5.96. The van der Waals surface area contributed by atoms with Gasteiger partial charge in [-0.25, -0.2) is 4.79 Å². The molecule has 3 heterocycles. The predicted octanol–water partition coefficient (Wildman–Crippen LogP) is 4.06. The van der Waals surface area contributed by atoms with E-state index < -0.39 is 17.8 Å². The molecule has 1 aromatic heterocycles. The Morgan fingerprint density at radius 2 is 1.78 bits per heavy atom. The molecule has 1 atom stereocenters. The number of alkyl halides is 3. The number of amides is 3. The van der Waals surface area contributed by atoms with E-state index in [-0.39, 0.29) is 29.5 Å². The first-order chi connectivity index (χ1) is 17.8. The zero-order valence-corrected chi connectivity index (χ0v) is 20.7. The van der Waals surface area contributed by atoms with E-state index in [1.54, 1.807) is 22.1 Å². The van der Waals surface area contributed by atoms with Gasteiger partial charge in [-0.15, -0.1) is 0 Å². The highest BCUT2D eigenvalue weighted by atomic mass is 19.4. The summed E-state index contributed by atoms with van der Waals surface area (Å²) in [5, 5.41) is 7.42. The molecule has 5 rings (SSSR count). The van der Waals surface area contributed by atoms with Gasteiger partial charge < -0.3 is 20.9 Å². The standard InChI is InChI=1S/C26H33F3N6O2/c27-26(28,29)21-5-2-1-4-19(21)22-6-3-13-34(22)24(36)20-16-32-35(23(20)17-7-8-17)18-9-14-33(15-10-18)25(37)31-12-11-30/h1-2,4-5,16-18,22H,3,6-15,30H2,(H,31,37). The van der Waals surface area contributed by atoms with Gasteiger partial charge in [0, 0.05) is 38.6 Å². The number of hydrogen-bond donors (Lipinski definition) is 2. The maximum atomic E-state index is 13.8. The molecule has 3 fully saturated rings. The molecular formula is C26H33F3N6O2. The lowest BCUT2D eigenvalue weighted by molar-refractivity contribution is -0.138. The molecule has 8 nitrogen and oxygen atoms in total. The molecule has 1 saturated carbocycles. The average molecular weight is 519 g/mol. The molecule has 3 aliphatic rings. The third-order valence-corrected chi connectivity index (χ3v) is 7.69. The molecule has 3 N–H and O–H groups in total. The fourth-order valence-corrected chi connectivity index (χ4v) is 5.73. The number of benzene rings is 1. The summed E-state index contributed by atoms with van der Waals surface area (Å²) in [6.07, 6.45) is 1.64. The molecule has 37 heavy (non-hydrogen) atoms. The second kappa shape index (κ2) is 10.4. The first-order valence-electron chi connectivity index (χ1n) is 13.1. The van der Waals surface area contributed by atoms with Crippen molar-refractivity contribution in [2.45, 2.75) is 62.7 Å². The van der Waals surface area contributed by atoms with E-state index in [0.717, 1.165) is 37.4 Å². The van der Waals surface area contributed by atoms with Crippen LogP contribution in [0.1, 0.15) is 83.7 Å². The number of nitrogens with zero attached hydrogens (tertiary/aromatic N) is 4. The van der Waals surface area contributed by atoms with Crippen molar-refractivity contribution in [2.24, 2.45) is 5.73 Å². The Morgan fingerprint density at radius 1 is 1.05 bits per heavy atom. The van der Waals surface area contributed by atoms with Crippen molar-refractivity contribution in [2.75, 3.05) is 32.7 Å². The summed E-state index contributed by atoms with van der Waals surface area (Å²) >= 11 is 0. The van der Waals surface area contributed by atoms with Gasteiger partial charge in [-0.2, -0.15) is 18.3 Å². The van der Waals surface area contributed by atoms with Crippen molar-refractivity contribution in [3.63, 3.8) is 0 Å². The summed E-state index contributed by atoms with van der Waals surface area (Å²) < 4.78 is 43.1. The Morgan fingerprint density at radius 3 is 2.46 bits per heavy atom. The Kier molecular flexibility index (Phi) is 7.15. The number of piperidine rings is 1. The molecule has 0 spiro atoms. The van der Waals surface area contributed by atoms with Crippen LogP contribution >= 0.6 is 0 Å². The lowest BCUT2D eigenvalue weighted by atomic mass is 9.97. The van der Waals surface area contributed by atoms with Gasteiger partial charge in [0.25, 0.3) is 5.91 Å². The first kappa shape index (κ1) is 25.6. The molecule has 2 saturated heterocycles. The minimum atomic E-state index is -4.48. The van der Waals surface area contributed by atoms with Crippen LogP contribution in [0.3, 0.4) is 0 Å². The molecule has 0 radical (unpaired) electrons. The van der Waals surface area contributed by atoms with Gasteiger partial charge in [-0.1, -0.05) is 18.2 Å². The highest BCUT2D eigenvalue weighted by Crippen LogP contribution is 2.45. The Labute approximate surface area is 214 Å². The van der Waals surface area contributed by atoms with Crippen molar-refractivity contribution in [3.05, 3.63) is 52.8 Å². The number of carbonyl (C=O) groups is 2. The molecule has 1 aromatic carbocycles. The van der Waals surface area contributed by atoms with Crippen LogP contribution in [-0.4, -0.2) is 64.2 Å². The largest absolute Gasteiger partial charge is 0.416 e. The van der Waals surface area contributed by atoms with Crippen molar-refractivity contribution in [3.8, 4) is 0 Å². The average Bonchev–Trinajstić information content (AvgIpc) is 3.44. The van der Waals surface area contributed by atoms with Crippen LogP contribution in [0.25, 0.3) is 0 Å². The summed E-state index contributed by atoms with van der Waals surface area (Å²) in [6.45, 7) is 2.39. The molecular weight excluding hydrogens is 485 g/mol. The van der Waals surface area contributed by atoms with E-state index in [0.29, 0.717) is 51.1 Å². The Balaban J connectivity index is 1.36. The maximum Gasteiger partial charge on any atom is 0.416 e. The maximum absolute atomic E-state index is 13.8. The van der Waals surface area contributed by atoms with Crippen LogP contribution in [0.5, 0.6) is 0 Å². The summed E-state index contributed by atoms with van der Waals surface area (Å²) in [4.78, 5) is 29.4. The topological polar surface area (TPSA) is 96.5 Å². The second-order valence-electron chi connectivity index (χ2n) is 10.1. The lowest BCUT2D eigenvalue weighted by Gasteiger charge is -2.33. The summed E-state index contributed by atoms with van der Waals surface area (Å²) in [5.74, 6) is -0.0120. The molecule has 200 valence electrons. The van der Waals surface area contributed by atoms with Crippen LogP contribution in [0.2, 0.25) is 0 Å². The smallest absolute Gasteiger partial charge is 0.337 e. The fraction of sp³-hybridized carbons (Fsp3) is 0.577. The van der Waals surface area contributed by atoms with Crippen molar-refractivity contribution >= 4 is 11.9 Å². The van der Waals surface area contributed by atoms with Gasteiger partial charge in [-0.3, -0.25) is 9.48 Å². The van der Waals surface area contributed by atoms with E-state index in [2.05, 4.69) is 10.4 Å². The highest BCUT2D eigenvalue weighted by Gasteiger charge is 2.42. The Bertz CT molecular complexity index is 1140. The SMILES string of the molecule is NCCNC(=O)N1CCC(n2ncc(C(=O)N3CCCC3c3ccccc3C(F)(F)F)c2C2CC2)CC1. The van der Waals surface area contributed by atoms with Crippen molar-refractivity contribution < 1.29 is 22.8 Å². The number of urea groups is 1. The van der Waals surface area contributed by atoms with Gasteiger partial charge in [0.05, 0.1) is 35.1 Å². The number of hydrogen-bond acceptors (Lipinski definition) is 4. The van der Waals surface area contributed by atoms with Crippen LogP contribution in [-0.2, 0) is 6.18 Å². The van der Waals surface area contributed by atoms with Gasteiger partial charge >= 0.3 is 12.2 Å². The normalized spacial score (nSPS) is 20.9. The van der Waals surface area contributed by atoms with Crippen molar-refractivity contribution in [1.82, 2.24) is 24.9 Å². The second-order valence-corrected chi connectivity index (χ2v) is 10.1. The van der Waals surface area contributed by atoms with Crippen LogP contribution < -0.4 is 11.1 Å². The minimum absolute atomic E-state index is 0.0658. The number of nitrogens with one attached hydrogen (secondary N) is 1. The van der Waals surface area contributed by atoms with E-state index in [4.69, 9.17) is 5.73 Å². The summed E-state index contributed by atoms with van der Waals surface area (Å²) in [6, 6.07) is 4.89. The quantitative estimate of drug-likeness (QED) is 0.603. The zero-order valence-electron chi connectivity index (χ0n) is 20.7. The van der Waals surface area contributed by atoms with Crippen LogP contribution in [0.15, 0.2) is 30.5 Å². The third kappa shape index (κ3) is 5.18. The van der Waals surface area contributed by atoms with E-state index in [1.807, 2.05) is 4.68 Å². The molecule has 3 amide bonds. The molecule has 0 bridgehead atoms. The predicted molar refractivity (Wildman–Crippen MR) is 131 cm³/mol. The number of aromatic nitrogens is 2. The van der Waals surface area contributed by atoms with Gasteiger partial charge in [0.15, 0.2) is 0 Å². The van der Waals surface area contributed by atoms with E-state index in [1.165, 1.54) is 12.1 Å². The lowest BCUT2D eigenvalue weighted by Crippen LogP contribution is -2.46. The van der Waals surface area contributed by atoms with Crippen LogP contribution in [0.4, 0.5) is 18.0 Å². The number of rotatable bonds is 6. The summed E-state index contributed by atoms with van der Waals surface area (Å²) in [5.41, 5.74) is 6.34. The van der Waals surface area contributed by atoms with Crippen molar-refractivity contribution in [1.29, 1.82) is 0 Å². The molecule has 2 aromatic rings. The molecule has 1 unspecified atom stereocenters. The molecule has 11 heteroatoms. The molecule has 2 aliphatic heterocycles. The van der Waals surface area contributed by atoms with Crippen LogP contribution in [0, 0.1) is 0 Å². The fourth-order valence-electron chi connectivity index (χ4n) is 5.73. The third-order valence-electron chi connectivity index (χ3n) is 7.69. The first-order valence-corrected chi connectivity index (χ1v) is 13.1. The van der Waals surface area contributed by atoms with Gasteiger partial charge in [0.1, 0.15) is 0 Å². The van der Waals surface area contributed by atoms with Gasteiger partial charge in [0.2, 0.25) is 0 Å². The minimum Gasteiger partial charge on any atom is -0.337 e. The van der Waals surface area contributed by atoms with E-state index >= 15 is 0 Å². The van der Waals surface area contributed by atoms with E-state index in [9.17, 15) is 22.8 Å². The number of likely N-dealkylation sites (tertiary alicyclic amines) is 2.